The number of nitrogens with zero attached hydrogens (tertiary/aromatic N) is 3. The van der Waals surface area contributed by atoms with Gasteiger partial charge in [0.25, 0.3) is 0 Å². The van der Waals surface area contributed by atoms with E-state index in [1.54, 1.807) is 80.8 Å². The highest BCUT2D eigenvalue weighted by Gasteiger charge is 2.34. The summed E-state index contributed by atoms with van der Waals surface area (Å²) in [5.41, 5.74) is 5.13. The third-order valence-corrected chi connectivity index (χ3v) is 18.7. The summed E-state index contributed by atoms with van der Waals surface area (Å²) in [5.74, 6) is -3.05. The molecule has 0 radical (unpaired) electrons. The summed E-state index contributed by atoms with van der Waals surface area (Å²) in [6.45, 7) is 10.5. The fourth-order valence-corrected chi connectivity index (χ4v) is 12.2. The van der Waals surface area contributed by atoms with Crippen molar-refractivity contribution in [3.05, 3.63) is 172 Å². The number of esters is 4. The number of benzene rings is 4. The highest BCUT2D eigenvalue weighted by Crippen LogP contribution is 2.37. The van der Waals surface area contributed by atoms with E-state index in [1.807, 2.05) is 18.4 Å². The maximum atomic E-state index is 13.7. The lowest BCUT2D eigenvalue weighted by molar-refractivity contribution is -0.143. The summed E-state index contributed by atoms with van der Waals surface area (Å²) in [4.78, 5) is 48.8. The van der Waals surface area contributed by atoms with Gasteiger partial charge in [0.2, 0.25) is 20.0 Å². The van der Waals surface area contributed by atoms with Crippen LogP contribution in [0.25, 0.3) is 0 Å². The number of carbonyl (C=O) groups excluding carboxylic acids is 4. The minimum absolute atomic E-state index is 0.0140. The quantitative estimate of drug-likeness (QED) is 0.0407. The Bertz CT molecular complexity index is 3220. The zero-order valence-corrected chi connectivity index (χ0v) is 52.1. The second-order valence-corrected chi connectivity index (χ2v) is 23.5. The minimum Gasteiger partial charge on any atom is -0.465 e. The van der Waals surface area contributed by atoms with E-state index in [-0.39, 0.29) is 72.3 Å². The molecular weight excluding hydrogens is 1370 g/mol. The molecule has 16 nitrogen and oxygen atoms in total. The van der Waals surface area contributed by atoms with Crippen LogP contribution in [0.3, 0.4) is 0 Å². The van der Waals surface area contributed by atoms with Gasteiger partial charge in [-0.1, -0.05) is 75.6 Å². The molecule has 416 valence electrons. The van der Waals surface area contributed by atoms with Gasteiger partial charge in [0.15, 0.2) is 0 Å². The molecule has 0 aliphatic rings. The maximum absolute atomic E-state index is 13.7. The van der Waals surface area contributed by atoms with Crippen molar-refractivity contribution in [3.8, 4) is 0 Å². The summed E-state index contributed by atoms with van der Waals surface area (Å²) in [5, 5.41) is 0.493. The van der Waals surface area contributed by atoms with Crippen LogP contribution in [0.4, 0.5) is 8.78 Å². The minimum atomic E-state index is -4.20. The number of carbonyl (C=O) groups is 4. The molecule has 0 saturated heterocycles. The molecule has 1 N–H and O–H groups in total. The second-order valence-electron chi connectivity index (χ2n) is 16.2. The number of alkyl halides is 1. The van der Waals surface area contributed by atoms with Crippen LogP contribution < -0.4 is 4.72 Å². The number of nitrogens with one attached hydrogen (secondary N) is 1. The van der Waals surface area contributed by atoms with Gasteiger partial charge in [0.1, 0.15) is 33.9 Å². The smallest absolute Gasteiger partial charge is 0.341 e. The highest BCUT2D eigenvalue weighted by atomic mass is 79.9. The molecule has 0 aliphatic carbocycles. The van der Waals surface area contributed by atoms with E-state index in [1.165, 1.54) is 48.5 Å². The first kappa shape index (κ1) is 64.9. The van der Waals surface area contributed by atoms with E-state index in [9.17, 15) is 44.8 Å². The molecule has 4 aromatic carbocycles. The van der Waals surface area contributed by atoms with Gasteiger partial charge in [-0.2, -0.15) is 9.03 Å². The second kappa shape index (κ2) is 30.7. The van der Waals surface area contributed by atoms with Gasteiger partial charge < -0.3 is 28.1 Å². The first-order valence-electron chi connectivity index (χ1n) is 23.4. The maximum Gasteiger partial charge on any atom is 0.341 e. The highest BCUT2D eigenvalue weighted by molar-refractivity contribution is 9.13. The monoisotopic (exact) mass is 1420 g/mol. The lowest BCUT2D eigenvalue weighted by atomic mass is 10.2. The van der Waals surface area contributed by atoms with Gasteiger partial charge in [0, 0.05) is 29.8 Å². The number of hydrogen-bond acceptors (Lipinski definition) is 12. The van der Waals surface area contributed by atoms with E-state index < -0.39 is 50.3 Å². The summed E-state index contributed by atoms with van der Waals surface area (Å²) >= 11 is 17.3. The predicted molar refractivity (Wildman–Crippen MR) is 304 cm³/mol. The number of rotatable bonds is 21. The normalized spacial score (nSPS) is 11.2. The number of halogens is 7. The number of aryl methyl sites for hydroxylation is 2. The third kappa shape index (κ3) is 18.2. The number of hydrogen-bond donors (Lipinski definition) is 1. The Hall–Kier alpha value is -4.60. The van der Waals surface area contributed by atoms with Crippen LogP contribution in [-0.4, -0.2) is 93.7 Å². The van der Waals surface area contributed by atoms with E-state index in [4.69, 9.17) is 14.2 Å². The Morgan fingerprint density at radius 1 is 0.558 bits per heavy atom. The van der Waals surface area contributed by atoms with Gasteiger partial charge in [-0.05, 0) is 165 Å². The lowest BCUT2D eigenvalue weighted by Crippen LogP contribution is -2.37. The van der Waals surface area contributed by atoms with Crippen LogP contribution >= 0.6 is 79.6 Å². The summed E-state index contributed by atoms with van der Waals surface area (Å²) in [6.07, 6.45) is 0. The van der Waals surface area contributed by atoms with Crippen molar-refractivity contribution in [1.82, 2.24) is 18.2 Å². The Kier molecular flexibility index (Phi) is 25.9. The van der Waals surface area contributed by atoms with Crippen molar-refractivity contribution in [1.29, 1.82) is 0 Å². The summed E-state index contributed by atoms with van der Waals surface area (Å²) in [6, 6.07) is 24.7. The SMILES string of the molecule is CCOC(=O)CN(Cc1c(C(=O)OCC)c(Br)c(Br)n1Cc1ccc(F)cc1)S(=O)(=O)c1ccc(C)cc1.CCOC(=O)CNS(=O)(=O)c1ccc(C)cc1.CCOC(=O)c1c(Br)c(Br)n(Cc2ccc(F)cc2)c1CBr. The molecule has 0 unspecified atom stereocenters. The molecule has 25 heteroatoms. The molecule has 6 aromatic rings. The molecule has 0 saturated carbocycles. The van der Waals surface area contributed by atoms with E-state index >= 15 is 0 Å². The zero-order valence-electron chi connectivity index (χ0n) is 42.5. The number of ether oxygens (including phenoxy) is 4. The Balaban J connectivity index is 0.000000276. The molecule has 2 heterocycles. The van der Waals surface area contributed by atoms with Gasteiger partial charge in [0.05, 0.1) is 62.8 Å². The van der Waals surface area contributed by atoms with Crippen LogP contribution in [0, 0.1) is 25.5 Å². The van der Waals surface area contributed by atoms with Crippen molar-refractivity contribution in [2.24, 2.45) is 0 Å². The van der Waals surface area contributed by atoms with Gasteiger partial charge in [-0.3, -0.25) is 9.59 Å². The van der Waals surface area contributed by atoms with Crippen molar-refractivity contribution in [3.63, 3.8) is 0 Å². The topological polar surface area (TPSA) is 199 Å². The molecule has 6 rings (SSSR count). The van der Waals surface area contributed by atoms with E-state index in [0.717, 1.165) is 31.3 Å². The summed E-state index contributed by atoms with van der Waals surface area (Å²) < 4.78 is 106. The Labute approximate surface area is 488 Å². The van der Waals surface area contributed by atoms with Crippen LogP contribution in [0.15, 0.2) is 125 Å². The molecule has 0 aliphatic heterocycles. The van der Waals surface area contributed by atoms with Crippen molar-refractivity contribution in [2.45, 2.75) is 76.3 Å². The van der Waals surface area contributed by atoms with Crippen LogP contribution in [-0.2, 0) is 73.5 Å². The summed E-state index contributed by atoms with van der Waals surface area (Å²) in [7, 11) is -7.84. The first-order chi connectivity index (χ1) is 36.4. The zero-order chi connectivity index (χ0) is 57.2. The number of aromatic nitrogens is 2. The average Bonchev–Trinajstić information content (AvgIpc) is 3.78. The molecule has 0 bridgehead atoms. The van der Waals surface area contributed by atoms with Crippen molar-refractivity contribution < 1.29 is 63.7 Å². The standard InChI is InChI=1S/C26H27Br2FN2O6S.C15H13Br3FNO2.C11H15NO4S/c1-4-36-22(32)16-30(38(34,35)20-12-6-17(3)7-13-20)15-21-23(26(33)37-5-2)24(27)25(28)31(21)14-18-8-10-19(29)11-9-18;1-2-22-15(21)12-11(7-16)20(14(18)13(12)17)8-9-3-5-10(19)6-4-9;1-3-16-11(13)8-12-17(14,15)10-6-4-9(2)5-7-10/h6-13H,4-5,14-16H2,1-3H3;3-6H,2,7-8H2,1H3;4-7,12H,3,8H2,1-2H3. The van der Waals surface area contributed by atoms with E-state index in [2.05, 4.69) is 89.1 Å². The molecule has 2 aromatic heterocycles. The fraction of sp³-hybridized carbons (Fsp3) is 0.308. The largest absolute Gasteiger partial charge is 0.465 e. The molecule has 0 spiro atoms. The average molecular weight is 1430 g/mol. The molecule has 0 amide bonds. The predicted octanol–water partition coefficient (Wildman–Crippen LogP) is 11.5. The van der Waals surface area contributed by atoms with Crippen LogP contribution in [0.2, 0.25) is 0 Å². The third-order valence-electron chi connectivity index (χ3n) is 10.7. The van der Waals surface area contributed by atoms with Crippen molar-refractivity contribution >= 4 is 124 Å². The van der Waals surface area contributed by atoms with Crippen LogP contribution in [0.5, 0.6) is 0 Å². The Morgan fingerprint density at radius 3 is 1.36 bits per heavy atom. The first-order valence-corrected chi connectivity index (χ1v) is 30.6. The van der Waals surface area contributed by atoms with Crippen LogP contribution in [0.1, 0.15) is 82.1 Å². The molecule has 77 heavy (non-hydrogen) atoms. The van der Waals surface area contributed by atoms with E-state index in [0.29, 0.717) is 43.2 Å². The lowest BCUT2D eigenvalue weighted by Gasteiger charge is -2.23. The molecule has 0 fully saturated rings. The molecule has 0 atom stereocenters. The van der Waals surface area contributed by atoms with Crippen molar-refractivity contribution in [2.75, 3.05) is 39.5 Å². The van der Waals surface area contributed by atoms with Gasteiger partial charge in [-0.25, -0.2) is 35.2 Å². The molecular formula is C52H55Br5F2N4O12S2. The van der Waals surface area contributed by atoms with Gasteiger partial charge in [-0.15, -0.1) is 0 Å². The number of sulfonamides is 2. The fourth-order valence-electron chi connectivity index (χ4n) is 6.97. The Morgan fingerprint density at radius 2 is 0.948 bits per heavy atom. The van der Waals surface area contributed by atoms with Gasteiger partial charge >= 0.3 is 23.9 Å².